The van der Waals surface area contributed by atoms with Crippen LogP contribution >= 0.6 is 15.9 Å². The van der Waals surface area contributed by atoms with Gasteiger partial charge >= 0.3 is 4.96 Å². The highest BCUT2D eigenvalue weighted by Gasteiger charge is 2.20. The maximum Gasteiger partial charge on any atom is 0.380 e. The predicted molar refractivity (Wildman–Crippen MR) is 63.2 cm³/mol. The van der Waals surface area contributed by atoms with E-state index in [1.165, 1.54) is 6.08 Å². The second kappa shape index (κ2) is 4.78. The van der Waals surface area contributed by atoms with E-state index in [2.05, 4.69) is 15.9 Å². The van der Waals surface area contributed by atoms with Gasteiger partial charge in [-0.1, -0.05) is 0 Å². The fraction of sp³-hybridized carbons (Fsp3) is 0.300. The molecule has 0 radical (unpaired) electrons. The summed E-state index contributed by atoms with van der Waals surface area (Å²) < 4.78 is 26.4. The fourth-order valence-electron chi connectivity index (χ4n) is 1.34. The molecule has 0 saturated carbocycles. The average Bonchev–Trinajstić information content (AvgIpc) is 2.43. The topological polar surface area (TPSA) is 40.8 Å². The van der Waals surface area contributed by atoms with Gasteiger partial charge in [0, 0.05) is 33.5 Å². The lowest BCUT2D eigenvalue weighted by Crippen LogP contribution is -2.24. The molecule has 0 amide bonds. The minimum Gasteiger partial charge on any atom is -0.324 e. The number of alkyl halides is 3. The van der Waals surface area contributed by atoms with E-state index in [0.717, 1.165) is 17.6 Å². The number of aryl methyl sites for hydroxylation is 2. The average molecular weight is 292 g/mol. The Labute approximate surface area is 101 Å². The van der Waals surface area contributed by atoms with Crippen LogP contribution in [0.1, 0.15) is 11.4 Å². The molecule has 0 saturated heterocycles. The predicted octanol–water partition coefficient (Wildman–Crippen LogP) is 2.98. The summed E-state index contributed by atoms with van der Waals surface area (Å²) >= 11 is 2.13. The Balaban J connectivity index is 2.74. The minimum atomic E-state index is -3.15. The van der Waals surface area contributed by atoms with E-state index >= 15 is 0 Å². The molecule has 6 heteroatoms. The summed E-state index contributed by atoms with van der Waals surface area (Å²) in [4.78, 5) is -3.15. The van der Waals surface area contributed by atoms with Gasteiger partial charge in [-0.3, -0.25) is 5.41 Å². The molecule has 16 heavy (non-hydrogen) atoms. The van der Waals surface area contributed by atoms with Crippen LogP contribution in [0.25, 0.3) is 0 Å². The number of nitrogens with zero attached hydrogens (tertiary/aromatic N) is 1. The van der Waals surface area contributed by atoms with Crippen molar-refractivity contribution >= 4 is 21.8 Å². The van der Waals surface area contributed by atoms with Gasteiger partial charge in [-0.25, -0.2) is 0 Å². The van der Waals surface area contributed by atoms with E-state index in [1.54, 1.807) is 9.88 Å². The lowest BCUT2D eigenvalue weighted by molar-refractivity contribution is 0.0915. The van der Waals surface area contributed by atoms with Crippen LogP contribution in [0.15, 0.2) is 24.4 Å². The highest BCUT2D eigenvalue weighted by molar-refractivity contribution is 9.09. The van der Waals surface area contributed by atoms with E-state index in [1.807, 2.05) is 26.0 Å². The first-order valence-corrected chi connectivity index (χ1v) is 5.35. The van der Waals surface area contributed by atoms with Crippen molar-refractivity contribution in [1.29, 1.82) is 5.41 Å². The zero-order valence-electron chi connectivity index (χ0n) is 8.89. The van der Waals surface area contributed by atoms with Gasteiger partial charge in [-0.05, 0) is 32.1 Å². The Morgan fingerprint density at radius 1 is 1.44 bits per heavy atom. The zero-order valence-corrected chi connectivity index (χ0v) is 10.5. The van der Waals surface area contributed by atoms with Crippen molar-refractivity contribution in [2.75, 3.05) is 0 Å². The van der Waals surface area contributed by atoms with E-state index in [0.29, 0.717) is 0 Å². The summed E-state index contributed by atoms with van der Waals surface area (Å²) in [5.41, 5.74) is 1.77. The van der Waals surface area contributed by atoms with E-state index in [-0.39, 0.29) is 5.84 Å². The molecule has 0 aliphatic rings. The van der Waals surface area contributed by atoms with Crippen LogP contribution in [0, 0.1) is 19.3 Å². The lowest BCUT2D eigenvalue weighted by atomic mass is 10.4. The highest BCUT2D eigenvalue weighted by Crippen LogP contribution is 2.16. The first kappa shape index (κ1) is 12.9. The Bertz CT molecular complexity index is 399. The monoisotopic (exact) mass is 291 g/mol. The number of nitrogens with one attached hydrogen (secondary N) is 2. The largest absolute Gasteiger partial charge is 0.380 e. The molecule has 0 bridgehead atoms. The standard InChI is InChI=1S/C10H12BrF2N3/c1-7-3-4-8(2)16(7)9(14)5-6-15-10(11,12)13/h3-6,14-15H,1-2H3/b6-5-,14-9?. The molecule has 0 aliphatic carbocycles. The third kappa shape index (κ3) is 3.44. The highest BCUT2D eigenvalue weighted by atomic mass is 79.9. The van der Waals surface area contributed by atoms with Crippen molar-refractivity contribution in [3.63, 3.8) is 0 Å². The first-order valence-electron chi connectivity index (χ1n) is 4.56. The van der Waals surface area contributed by atoms with Crippen molar-refractivity contribution in [3.8, 4) is 0 Å². The Kier molecular flexibility index (Phi) is 3.85. The molecular weight excluding hydrogens is 280 g/mol. The number of hydrogen-bond acceptors (Lipinski definition) is 2. The molecule has 1 heterocycles. The number of rotatable bonds is 3. The number of aromatic nitrogens is 1. The number of halogens is 3. The van der Waals surface area contributed by atoms with Crippen molar-refractivity contribution in [2.24, 2.45) is 0 Å². The van der Waals surface area contributed by atoms with Gasteiger partial charge < -0.3 is 9.88 Å². The summed E-state index contributed by atoms with van der Waals surface area (Å²) in [6.07, 6.45) is 2.31. The molecule has 3 nitrogen and oxygen atoms in total. The normalized spacial score (nSPS) is 12.1. The Morgan fingerprint density at radius 3 is 2.38 bits per heavy atom. The summed E-state index contributed by atoms with van der Waals surface area (Å²) in [5, 5.41) is 9.51. The van der Waals surface area contributed by atoms with Gasteiger partial charge in [0.1, 0.15) is 5.84 Å². The molecule has 0 spiro atoms. The molecule has 0 aromatic carbocycles. The second-order valence-electron chi connectivity index (χ2n) is 3.31. The second-order valence-corrected chi connectivity index (χ2v) is 4.31. The Hall–Kier alpha value is -1.17. The van der Waals surface area contributed by atoms with E-state index in [4.69, 9.17) is 5.41 Å². The molecular formula is C10H12BrF2N3. The fourth-order valence-corrected chi connectivity index (χ4v) is 1.47. The molecule has 1 aromatic heterocycles. The van der Waals surface area contributed by atoms with Crippen molar-refractivity contribution in [1.82, 2.24) is 9.88 Å². The van der Waals surface area contributed by atoms with Crippen molar-refractivity contribution < 1.29 is 8.78 Å². The minimum absolute atomic E-state index is 0.129. The third-order valence-corrected chi connectivity index (χ3v) is 2.23. The Morgan fingerprint density at radius 2 is 1.94 bits per heavy atom. The molecule has 0 atom stereocenters. The molecule has 88 valence electrons. The van der Waals surface area contributed by atoms with E-state index < -0.39 is 4.96 Å². The van der Waals surface area contributed by atoms with Crippen LogP contribution in [-0.2, 0) is 0 Å². The molecule has 0 aliphatic heterocycles. The van der Waals surface area contributed by atoms with Gasteiger partial charge in [-0.15, -0.1) is 0 Å². The maximum atomic E-state index is 12.4. The smallest absolute Gasteiger partial charge is 0.324 e. The summed E-state index contributed by atoms with van der Waals surface area (Å²) in [6.45, 7) is 3.70. The molecule has 1 rings (SSSR count). The molecule has 0 fully saturated rings. The van der Waals surface area contributed by atoms with Gasteiger partial charge in [0.25, 0.3) is 0 Å². The number of allylic oxidation sites excluding steroid dienone is 1. The summed E-state index contributed by atoms with van der Waals surface area (Å²) in [7, 11) is 0. The SMILES string of the molecule is Cc1ccc(C)n1C(=N)/C=C\NC(F)(F)Br. The van der Waals surface area contributed by atoms with E-state index in [9.17, 15) is 8.78 Å². The van der Waals surface area contributed by atoms with Crippen LogP contribution in [0.5, 0.6) is 0 Å². The third-order valence-electron chi connectivity index (χ3n) is 2.00. The quantitative estimate of drug-likeness (QED) is 0.382. The zero-order chi connectivity index (χ0) is 12.3. The maximum absolute atomic E-state index is 12.4. The van der Waals surface area contributed by atoms with Gasteiger partial charge in [0.05, 0.1) is 0 Å². The molecule has 0 unspecified atom stereocenters. The lowest BCUT2D eigenvalue weighted by Gasteiger charge is -2.09. The number of hydrogen-bond donors (Lipinski definition) is 2. The van der Waals surface area contributed by atoms with Crippen LogP contribution in [0.3, 0.4) is 0 Å². The molecule has 2 N–H and O–H groups in total. The first-order chi connectivity index (χ1) is 7.31. The van der Waals surface area contributed by atoms with Crippen molar-refractivity contribution in [2.45, 2.75) is 18.8 Å². The van der Waals surface area contributed by atoms with Crippen LogP contribution in [-0.4, -0.2) is 15.4 Å². The van der Waals surface area contributed by atoms with Crippen LogP contribution in [0.2, 0.25) is 0 Å². The summed E-state index contributed by atoms with van der Waals surface area (Å²) in [6, 6.07) is 3.73. The van der Waals surface area contributed by atoms with Crippen LogP contribution < -0.4 is 5.32 Å². The molecule has 1 aromatic rings. The van der Waals surface area contributed by atoms with Gasteiger partial charge in [0.15, 0.2) is 0 Å². The van der Waals surface area contributed by atoms with Gasteiger partial charge in [-0.2, -0.15) is 8.78 Å². The van der Waals surface area contributed by atoms with Gasteiger partial charge in [0.2, 0.25) is 0 Å². The summed E-state index contributed by atoms with van der Waals surface area (Å²) in [5.74, 6) is 0.129. The van der Waals surface area contributed by atoms with Crippen LogP contribution in [0.4, 0.5) is 8.78 Å². The van der Waals surface area contributed by atoms with Crippen molar-refractivity contribution in [3.05, 3.63) is 35.8 Å².